The van der Waals surface area contributed by atoms with Gasteiger partial charge < -0.3 is 25.6 Å². The van der Waals surface area contributed by atoms with Gasteiger partial charge in [0.2, 0.25) is 5.91 Å². The maximum absolute atomic E-state index is 12.3. The van der Waals surface area contributed by atoms with Crippen LogP contribution in [0.2, 0.25) is 6.82 Å². The lowest BCUT2D eigenvalue weighted by atomic mass is 9.89. The Morgan fingerprint density at radius 2 is 1.74 bits per heavy atom. The summed E-state index contributed by atoms with van der Waals surface area (Å²) < 4.78 is 41.7. The Balaban J connectivity index is 4.46. The van der Waals surface area contributed by atoms with Crippen molar-refractivity contribution in [3.8, 4) is 0 Å². The normalized spacial score (nSPS) is 12.2. The highest BCUT2D eigenvalue weighted by molar-refractivity contribution is 6.45. The zero-order valence-corrected chi connectivity index (χ0v) is 18.4. The van der Waals surface area contributed by atoms with E-state index in [0.29, 0.717) is 25.8 Å². The van der Waals surface area contributed by atoms with Crippen molar-refractivity contribution in [2.75, 3.05) is 19.7 Å². The number of ether oxygens (including phenoxy) is 1. The van der Waals surface area contributed by atoms with Crippen molar-refractivity contribution in [2.24, 2.45) is 0 Å². The van der Waals surface area contributed by atoms with Gasteiger partial charge in [-0.1, -0.05) is 26.2 Å². The van der Waals surface area contributed by atoms with Crippen LogP contribution in [0, 0.1) is 0 Å². The summed E-state index contributed by atoms with van der Waals surface area (Å²) in [5.74, 6) is -2.94. The molecule has 0 saturated carbocycles. The third-order valence-corrected chi connectivity index (χ3v) is 4.34. The molecule has 0 aliphatic carbocycles. The molecule has 0 aliphatic rings. The first-order valence-corrected chi connectivity index (χ1v) is 10.8. The number of carbonyl (C=O) groups is 3. The molecular weight excluding hydrogens is 418 g/mol. The van der Waals surface area contributed by atoms with E-state index in [9.17, 15) is 27.6 Å². The molecule has 31 heavy (non-hydrogen) atoms. The minimum Gasteiger partial charge on any atom is -0.464 e. The molecule has 0 aromatic heterocycles. The summed E-state index contributed by atoms with van der Waals surface area (Å²) in [5, 5.41) is 16.3. The number of hydrogen-bond acceptors (Lipinski definition) is 6. The topological polar surface area (TPSA) is 117 Å². The monoisotopic (exact) mass is 453 g/mol. The molecule has 0 unspecified atom stereocenters. The van der Waals surface area contributed by atoms with E-state index in [4.69, 9.17) is 9.76 Å². The molecule has 0 aliphatic heterocycles. The first kappa shape index (κ1) is 29.2. The number of unbranched alkanes of at least 4 members (excludes halogenated alkanes) is 4. The number of halogens is 3. The van der Waals surface area contributed by atoms with Crippen molar-refractivity contribution in [1.29, 1.82) is 0 Å². The lowest BCUT2D eigenvalue weighted by Crippen LogP contribution is -2.42. The molecule has 8 nitrogen and oxygen atoms in total. The maximum atomic E-state index is 12.3. The minimum atomic E-state index is -4.93. The zero-order chi connectivity index (χ0) is 23.7. The van der Waals surface area contributed by atoms with Gasteiger partial charge in [0, 0.05) is 13.0 Å². The van der Waals surface area contributed by atoms with Gasteiger partial charge in [0.1, 0.15) is 6.04 Å². The van der Waals surface area contributed by atoms with Crippen molar-refractivity contribution in [3.63, 3.8) is 0 Å². The Morgan fingerprint density at radius 1 is 1.03 bits per heavy atom. The van der Waals surface area contributed by atoms with Gasteiger partial charge in [-0.05, 0) is 45.5 Å². The molecule has 1 atom stereocenters. The fraction of sp³-hybridized carbons (Fsp3) is 0.842. The standard InChI is InChI=1S/C19H35BF3N3O5/c1-3-4-5-8-14-31-17(28)15(26-16(27)11-9-13-25-20(2)30)10-6-7-12-24-18(29)19(21,22)23/h15,25,30H,3-14H2,1-2H3,(H,24,29)(H,26,27)/t15-/m0/s1. The highest BCUT2D eigenvalue weighted by Crippen LogP contribution is 2.14. The summed E-state index contributed by atoms with van der Waals surface area (Å²) in [6.45, 7) is 4.10. The van der Waals surface area contributed by atoms with E-state index >= 15 is 0 Å². The van der Waals surface area contributed by atoms with Gasteiger partial charge in [-0.25, -0.2) is 4.79 Å². The van der Waals surface area contributed by atoms with Crippen molar-refractivity contribution in [1.82, 2.24) is 15.9 Å². The predicted octanol–water partition coefficient (Wildman–Crippen LogP) is 1.92. The summed E-state index contributed by atoms with van der Waals surface area (Å²) in [6, 6.07) is -0.901. The molecule has 0 fully saturated rings. The van der Waals surface area contributed by atoms with E-state index in [1.54, 1.807) is 12.1 Å². The minimum absolute atomic E-state index is 0.141. The van der Waals surface area contributed by atoms with Gasteiger partial charge in [-0.15, -0.1) is 0 Å². The molecule has 0 spiro atoms. The van der Waals surface area contributed by atoms with Crippen molar-refractivity contribution < 1.29 is 37.3 Å². The number of rotatable bonds is 17. The van der Waals surface area contributed by atoms with E-state index < -0.39 is 31.1 Å². The van der Waals surface area contributed by atoms with Crippen molar-refractivity contribution >= 4 is 24.8 Å². The number of nitrogens with one attached hydrogen (secondary N) is 3. The second-order valence-corrected chi connectivity index (χ2v) is 7.33. The first-order valence-electron chi connectivity index (χ1n) is 10.8. The van der Waals surface area contributed by atoms with Crippen LogP contribution in [0.1, 0.15) is 64.7 Å². The highest BCUT2D eigenvalue weighted by atomic mass is 19.4. The Kier molecular flexibility index (Phi) is 15.8. The lowest BCUT2D eigenvalue weighted by Gasteiger charge is -2.18. The summed E-state index contributed by atoms with van der Waals surface area (Å²) in [6.07, 6.45) is 0.108. The molecule has 0 bridgehead atoms. The van der Waals surface area contributed by atoms with Crippen LogP contribution in [0.5, 0.6) is 0 Å². The first-order chi connectivity index (χ1) is 14.6. The number of carbonyl (C=O) groups excluding carboxylic acids is 3. The van der Waals surface area contributed by atoms with Gasteiger partial charge in [-0.3, -0.25) is 9.59 Å². The van der Waals surface area contributed by atoms with Crippen LogP contribution >= 0.6 is 0 Å². The summed E-state index contributed by atoms with van der Waals surface area (Å²) in [7, 11) is -0.684. The molecule has 0 aromatic rings. The Bertz CT molecular complexity index is 536. The van der Waals surface area contributed by atoms with Crippen LogP contribution in [-0.2, 0) is 19.1 Å². The van der Waals surface area contributed by atoms with Crippen molar-refractivity contribution in [3.05, 3.63) is 0 Å². The van der Waals surface area contributed by atoms with Crippen LogP contribution in [0.25, 0.3) is 0 Å². The third-order valence-electron chi connectivity index (χ3n) is 4.34. The average molecular weight is 453 g/mol. The Hall–Kier alpha value is -1.82. The molecular formula is C19H35BF3N3O5. The number of esters is 1. The van der Waals surface area contributed by atoms with Crippen LogP contribution in [0.3, 0.4) is 0 Å². The second kappa shape index (κ2) is 16.8. The van der Waals surface area contributed by atoms with Gasteiger partial charge in [0.25, 0.3) is 0 Å². The van der Waals surface area contributed by atoms with Gasteiger partial charge in [0.05, 0.1) is 6.61 Å². The van der Waals surface area contributed by atoms with E-state index in [0.717, 1.165) is 19.3 Å². The molecule has 0 saturated heterocycles. The summed E-state index contributed by atoms with van der Waals surface area (Å²) in [5.41, 5.74) is 0. The maximum Gasteiger partial charge on any atom is 0.471 e. The second-order valence-electron chi connectivity index (χ2n) is 7.33. The molecule has 0 rings (SSSR count). The summed E-state index contributed by atoms with van der Waals surface area (Å²) in [4.78, 5) is 35.2. The Labute approximate surface area is 182 Å². The predicted molar refractivity (Wildman–Crippen MR) is 111 cm³/mol. The van der Waals surface area contributed by atoms with Crippen LogP contribution < -0.4 is 15.9 Å². The highest BCUT2D eigenvalue weighted by Gasteiger charge is 2.38. The largest absolute Gasteiger partial charge is 0.471 e. The van der Waals surface area contributed by atoms with Crippen molar-refractivity contribution in [2.45, 2.75) is 83.8 Å². The lowest BCUT2D eigenvalue weighted by molar-refractivity contribution is -0.173. The molecule has 0 radical (unpaired) electrons. The Morgan fingerprint density at radius 3 is 2.35 bits per heavy atom. The molecule has 0 heterocycles. The smallest absolute Gasteiger partial charge is 0.464 e. The van der Waals surface area contributed by atoms with Crippen LogP contribution in [0.15, 0.2) is 0 Å². The van der Waals surface area contributed by atoms with Gasteiger partial charge in [-0.2, -0.15) is 13.2 Å². The fourth-order valence-electron chi connectivity index (χ4n) is 2.65. The zero-order valence-electron chi connectivity index (χ0n) is 18.4. The summed E-state index contributed by atoms with van der Waals surface area (Å²) >= 11 is 0. The number of alkyl halides is 3. The van der Waals surface area contributed by atoms with E-state index in [-0.39, 0.29) is 38.3 Å². The van der Waals surface area contributed by atoms with Crippen LogP contribution in [-0.4, -0.2) is 61.8 Å². The quantitative estimate of drug-likeness (QED) is 0.152. The molecule has 4 N–H and O–H groups in total. The van der Waals surface area contributed by atoms with Gasteiger partial charge in [0.15, 0.2) is 0 Å². The third kappa shape index (κ3) is 16.5. The van der Waals surface area contributed by atoms with Gasteiger partial charge >= 0.3 is 25.1 Å². The number of amides is 2. The molecule has 180 valence electrons. The average Bonchev–Trinajstić information content (AvgIpc) is 2.68. The molecule has 0 aromatic carbocycles. The fourth-order valence-corrected chi connectivity index (χ4v) is 2.65. The SMILES string of the molecule is CCCCCCOC(=O)[C@H](CCCCNC(=O)C(F)(F)F)NC(=O)CCCNB(C)O. The molecule has 12 heteroatoms. The molecule has 2 amide bonds. The van der Waals surface area contributed by atoms with Crippen LogP contribution in [0.4, 0.5) is 13.2 Å². The van der Waals surface area contributed by atoms with E-state index in [1.807, 2.05) is 0 Å². The number of hydrogen-bond donors (Lipinski definition) is 4. The van der Waals surface area contributed by atoms with E-state index in [1.165, 1.54) is 0 Å². The van der Waals surface area contributed by atoms with E-state index in [2.05, 4.69) is 17.5 Å².